The summed E-state index contributed by atoms with van der Waals surface area (Å²) in [4.78, 5) is 12.7. The quantitative estimate of drug-likeness (QED) is 0.724. The van der Waals surface area contributed by atoms with Gasteiger partial charge in [0.05, 0.1) is 12.5 Å². The van der Waals surface area contributed by atoms with Crippen LogP contribution in [0.5, 0.6) is 0 Å². The van der Waals surface area contributed by atoms with Crippen LogP contribution in [0.4, 0.5) is 0 Å². The van der Waals surface area contributed by atoms with Crippen molar-refractivity contribution in [2.75, 3.05) is 0 Å². The number of hydrogen-bond acceptors (Lipinski definition) is 3. The molecule has 0 unspecified atom stereocenters. The Labute approximate surface area is 136 Å². The van der Waals surface area contributed by atoms with E-state index < -0.39 is 0 Å². The monoisotopic (exact) mass is 308 g/mol. The van der Waals surface area contributed by atoms with Gasteiger partial charge in [0.2, 0.25) is 0 Å². The molecule has 0 aliphatic heterocycles. The fraction of sp³-hybridized carbons (Fsp3) is 0.250. The fourth-order valence-electron chi connectivity index (χ4n) is 3.21. The molecule has 0 saturated carbocycles. The molecule has 0 fully saturated rings. The van der Waals surface area contributed by atoms with Crippen LogP contribution in [0.1, 0.15) is 38.7 Å². The van der Waals surface area contributed by atoms with Crippen molar-refractivity contribution in [3.05, 3.63) is 71.6 Å². The standard InChI is InChI=1S/C20H20O3/c1-14(18-7-5-11-23-18)19-17(21)12-15(13-20(19,2)3)8-9-16-6-4-10-22-16/h4-12H,13H2,1-3H3. The Kier molecular flexibility index (Phi) is 3.95. The second-order valence-corrected chi connectivity index (χ2v) is 6.47. The van der Waals surface area contributed by atoms with E-state index in [9.17, 15) is 4.79 Å². The van der Waals surface area contributed by atoms with Crippen LogP contribution in [-0.2, 0) is 4.79 Å². The van der Waals surface area contributed by atoms with Crippen molar-refractivity contribution in [2.45, 2.75) is 27.2 Å². The fourth-order valence-corrected chi connectivity index (χ4v) is 3.21. The number of rotatable bonds is 3. The molecule has 0 spiro atoms. The van der Waals surface area contributed by atoms with Crippen molar-refractivity contribution in [1.82, 2.24) is 0 Å². The molecule has 0 aromatic carbocycles. The molecule has 1 aliphatic rings. The van der Waals surface area contributed by atoms with E-state index in [0.29, 0.717) is 0 Å². The lowest BCUT2D eigenvalue weighted by atomic mass is 9.70. The molecule has 0 saturated heterocycles. The summed E-state index contributed by atoms with van der Waals surface area (Å²) in [5.41, 5.74) is 2.50. The van der Waals surface area contributed by atoms with Gasteiger partial charge in [0, 0.05) is 5.57 Å². The Bertz CT molecular complexity index is 782. The van der Waals surface area contributed by atoms with E-state index >= 15 is 0 Å². The van der Waals surface area contributed by atoms with E-state index in [1.165, 1.54) is 0 Å². The topological polar surface area (TPSA) is 43.4 Å². The highest BCUT2D eigenvalue weighted by Crippen LogP contribution is 2.42. The molecule has 0 radical (unpaired) electrons. The number of hydrogen-bond donors (Lipinski definition) is 0. The average molecular weight is 308 g/mol. The first-order chi connectivity index (χ1) is 11.0. The zero-order chi connectivity index (χ0) is 16.4. The molecule has 3 heteroatoms. The lowest BCUT2D eigenvalue weighted by Crippen LogP contribution is -2.26. The lowest BCUT2D eigenvalue weighted by Gasteiger charge is -2.32. The molecule has 0 amide bonds. The number of furan rings is 2. The van der Waals surface area contributed by atoms with Gasteiger partial charge in [0.1, 0.15) is 11.5 Å². The molecule has 3 nitrogen and oxygen atoms in total. The average Bonchev–Trinajstić information content (AvgIpc) is 3.17. The third kappa shape index (κ3) is 3.14. The van der Waals surface area contributed by atoms with Crippen molar-refractivity contribution in [2.24, 2.45) is 5.41 Å². The summed E-state index contributed by atoms with van der Waals surface area (Å²) in [7, 11) is 0. The molecule has 118 valence electrons. The zero-order valence-electron chi connectivity index (χ0n) is 13.6. The van der Waals surface area contributed by atoms with Gasteiger partial charge in [-0.1, -0.05) is 19.9 Å². The van der Waals surface area contributed by atoms with Gasteiger partial charge < -0.3 is 8.83 Å². The van der Waals surface area contributed by atoms with Crippen LogP contribution in [-0.4, -0.2) is 5.78 Å². The SMILES string of the molecule is CC(=C1C(=O)C=C(C=Cc2ccco2)CC1(C)C)c1ccco1. The number of allylic oxidation sites excluding steroid dienone is 5. The molecule has 2 heterocycles. The highest BCUT2D eigenvalue weighted by atomic mass is 16.3. The smallest absolute Gasteiger partial charge is 0.183 e. The first kappa shape index (κ1) is 15.3. The second kappa shape index (κ2) is 5.92. The van der Waals surface area contributed by atoms with E-state index in [-0.39, 0.29) is 11.2 Å². The first-order valence-corrected chi connectivity index (χ1v) is 7.69. The number of carbonyl (C=O) groups is 1. The predicted octanol–water partition coefficient (Wildman–Crippen LogP) is 5.28. The molecule has 0 N–H and O–H groups in total. The molecule has 23 heavy (non-hydrogen) atoms. The van der Waals surface area contributed by atoms with E-state index in [4.69, 9.17) is 8.83 Å². The summed E-state index contributed by atoms with van der Waals surface area (Å²) in [5, 5.41) is 0. The Hall–Kier alpha value is -2.55. The van der Waals surface area contributed by atoms with Gasteiger partial charge in [0.25, 0.3) is 0 Å². The van der Waals surface area contributed by atoms with Gasteiger partial charge in [-0.15, -0.1) is 0 Å². The van der Waals surface area contributed by atoms with Crippen molar-refractivity contribution >= 4 is 17.4 Å². The molecular weight excluding hydrogens is 288 g/mol. The number of carbonyl (C=O) groups excluding carboxylic acids is 1. The van der Waals surface area contributed by atoms with Gasteiger partial charge >= 0.3 is 0 Å². The molecule has 1 aliphatic carbocycles. The Morgan fingerprint density at radius 2 is 1.87 bits per heavy atom. The largest absolute Gasteiger partial charge is 0.465 e. The van der Waals surface area contributed by atoms with Crippen LogP contribution in [0.25, 0.3) is 11.6 Å². The van der Waals surface area contributed by atoms with Crippen molar-refractivity contribution < 1.29 is 13.6 Å². The Morgan fingerprint density at radius 3 is 2.48 bits per heavy atom. The maximum absolute atomic E-state index is 12.7. The molecule has 3 rings (SSSR count). The Balaban J connectivity index is 1.95. The summed E-state index contributed by atoms with van der Waals surface area (Å²) in [6, 6.07) is 7.46. The minimum atomic E-state index is -0.244. The van der Waals surface area contributed by atoms with E-state index in [1.54, 1.807) is 18.6 Å². The highest BCUT2D eigenvalue weighted by Gasteiger charge is 2.34. The van der Waals surface area contributed by atoms with Crippen molar-refractivity contribution in [1.29, 1.82) is 0 Å². The zero-order valence-corrected chi connectivity index (χ0v) is 13.6. The molecule has 0 atom stereocenters. The predicted molar refractivity (Wildman–Crippen MR) is 90.5 cm³/mol. The van der Waals surface area contributed by atoms with Crippen LogP contribution < -0.4 is 0 Å². The van der Waals surface area contributed by atoms with Gasteiger partial charge in [-0.3, -0.25) is 4.79 Å². The minimum absolute atomic E-state index is 0.0502. The van der Waals surface area contributed by atoms with Crippen LogP contribution in [0, 0.1) is 5.41 Å². The molecule has 2 aromatic heterocycles. The van der Waals surface area contributed by atoms with E-state index in [2.05, 4.69) is 13.8 Å². The van der Waals surface area contributed by atoms with Crippen LogP contribution >= 0.6 is 0 Å². The maximum Gasteiger partial charge on any atom is 0.183 e. The first-order valence-electron chi connectivity index (χ1n) is 7.69. The van der Waals surface area contributed by atoms with E-state index in [0.717, 1.165) is 34.7 Å². The van der Waals surface area contributed by atoms with Gasteiger partial charge in [-0.05, 0) is 66.3 Å². The highest BCUT2D eigenvalue weighted by molar-refractivity contribution is 6.11. The van der Waals surface area contributed by atoms with Crippen LogP contribution in [0.15, 0.2) is 68.9 Å². The summed E-state index contributed by atoms with van der Waals surface area (Å²) in [6.45, 7) is 6.14. The molecular formula is C20H20O3. The minimum Gasteiger partial charge on any atom is -0.465 e. The normalized spacial score (nSPS) is 20.0. The maximum atomic E-state index is 12.7. The van der Waals surface area contributed by atoms with E-state index in [1.807, 2.05) is 43.3 Å². The van der Waals surface area contributed by atoms with Crippen LogP contribution in [0.3, 0.4) is 0 Å². The van der Waals surface area contributed by atoms with Gasteiger partial charge in [0.15, 0.2) is 5.78 Å². The summed E-state index contributed by atoms with van der Waals surface area (Å²) < 4.78 is 10.7. The summed E-state index contributed by atoms with van der Waals surface area (Å²) in [5.74, 6) is 1.59. The third-order valence-corrected chi connectivity index (χ3v) is 4.16. The van der Waals surface area contributed by atoms with Crippen molar-refractivity contribution in [3.63, 3.8) is 0 Å². The summed E-state index contributed by atoms with van der Waals surface area (Å²) in [6.07, 6.45) is 9.63. The molecule has 0 bridgehead atoms. The number of ketones is 1. The lowest BCUT2D eigenvalue weighted by molar-refractivity contribution is -0.112. The molecule has 2 aromatic rings. The Morgan fingerprint density at radius 1 is 1.13 bits per heavy atom. The van der Waals surface area contributed by atoms with Gasteiger partial charge in [-0.2, -0.15) is 0 Å². The van der Waals surface area contributed by atoms with Crippen molar-refractivity contribution in [3.8, 4) is 0 Å². The van der Waals surface area contributed by atoms with Crippen LogP contribution in [0.2, 0.25) is 0 Å². The third-order valence-electron chi connectivity index (χ3n) is 4.16. The van der Waals surface area contributed by atoms with Gasteiger partial charge in [-0.25, -0.2) is 0 Å². The second-order valence-electron chi connectivity index (χ2n) is 6.47. The summed E-state index contributed by atoms with van der Waals surface area (Å²) >= 11 is 0.